The van der Waals surface area contributed by atoms with Crippen LogP contribution < -0.4 is 11.1 Å². The topological polar surface area (TPSA) is 83.8 Å². The van der Waals surface area contributed by atoms with Crippen molar-refractivity contribution in [3.05, 3.63) is 24.0 Å². The van der Waals surface area contributed by atoms with Gasteiger partial charge in [-0.1, -0.05) is 27.2 Å². The van der Waals surface area contributed by atoms with Crippen molar-refractivity contribution >= 4 is 47.4 Å². The predicted octanol–water partition coefficient (Wildman–Crippen LogP) is 4.06. The average Bonchev–Trinajstić information content (AvgIpc) is 2.86. The van der Waals surface area contributed by atoms with Crippen LogP contribution in [-0.4, -0.2) is 21.9 Å². The number of carbonyl (C=O) groups excluding carboxylic acids is 1. The minimum Gasteiger partial charge on any atom is -0.342 e. The Labute approximate surface area is 156 Å². The Hall–Kier alpha value is -1.30. The van der Waals surface area contributed by atoms with Gasteiger partial charge in [0.25, 0.3) is 0 Å². The molecule has 24 heavy (non-hydrogen) atoms. The molecule has 0 aliphatic rings. The van der Waals surface area contributed by atoms with Gasteiger partial charge in [-0.25, -0.2) is 4.98 Å². The fourth-order valence-electron chi connectivity index (χ4n) is 2.45. The van der Waals surface area contributed by atoms with Crippen LogP contribution in [0.2, 0.25) is 0 Å². The molecule has 1 heterocycles. The van der Waals surface area contributed by atoms with Crippen molar-refractivity contribution in [3.63, 3.8) is 0 Å². The molecule has 1 aromatic carbocycles. The van der Waals surface area contributed by atoms with Gasteiger partial charge in [0.1, 0.15) is 5.82 Å². The molecule has 7 heteroatoms. The van der Waals surface area contributed by atoms with Gasteiger partial charge in [0, 0.05) is 12.1 Å². The SMILES string of the molecule is CCCCc1nc2ccc(NC(=O)[C@@H](N)CC(C)C)cc2[nH]1.Cl.Cl. The molecule has 0 spiro atoms. The zero-order chi connectivity index (χ0) is 16.1. The monoisotopic (exact) mass is 374 g/mol. The summed E-state index contributed by atoms with van der Waals surface area (Å²) in [5.74, 6) is 1.26. The van der Waals surface area contributed by atoms with Crippen molar-refractivity contribution in [1.82, 2.24) is 9.97 Å². The number of amides is 1. The molecule has 1 amide bonds. The van der Waals surface area contributed by atoms with E-state index in [1.54, 1.807) is 0 Å². The summed E-state index contributed by atoms with van der Waals surface area (Å²) in [4.78, 5) is 19.9. The van der Waals surface area contributed by atoms with Gasteiger partial charge in [0.05, 0.1) is 17.1 Å². The minimum atomic E-state index is -0.474. The van der Waals surface area contributed by atoms with E-state index in [1.165, 1.54) is 0 Å². The molecule has 0 saturated carbocycles. The number of H-pyrrole nitrogens is 1. The molecule has 0 fully saturated rings. The van der Waals surface area contributed by atoms with E-state index in [1.807, 2.05) is 18.2 Å². The number of hydrogen-bond acceptors (Lipinski definition) is 3. The summed E-state index contributed by atoms with van der Waals surface area (Å²) in [5, 5.41) is 2.88. The van der Waals surface area contributed by atoms with E-state index in [0.717, 1.165) is 41.8 Å². The van der Waals surface area contributed by atoms with Gasteiger partial charge >= 0.3 is 0 Å². The summed E-state index contributed by atoms with van der Waals surface area (Å²) in [7, 11) is 0. The minimum absolute atomic E-state index is 0. The maximum Gasteiger partial charge on any atom is 0.241 e. The van der Waals surface area contributed by atoms with Gasteiger partial charge in [-0.3, -0.25) is 4.79 Å². The van der Waals surface area contributed by atoms with Crippen molar-refractivity contribution in [3.8, 4) is 0 Å². The van der Waals surface area contributed by atoms with Gasteiger partial charge in [-0.15, -0.1) is 24.8 Å². The van der Waals surface area contributed by atoms with Gasteiger partial charge in [-0.2, -0.15) is 0 Å². The van der Waals surface area contributed by atoms with Crippen LogP contribution in [-0.2, 0) is 11.2 Å². The third-order valence-electron chi connectivity index (χ3n) is 3.63. The third kappa shape index (κ3) is 6.30. The molecule has 1 aromatic heterocycles. The zero-order valence-electron chi connectivity index (χ0n) is 14.5. The van der Waals surface area contributed by atoms with Gasteiger partial charge in [0.15, 0.2) is 0 Å². The number of aromatic amines is 1. The maximum atomic E-state index is 12.1. The summed E-state index contributed by atoms with van der Waals surface area (Å²) in [6.07, 6.45) is 3.89. The summed E-state index contributed by atoms with van der Waals surface area (Å²) < 4.78 is 0. The normalized spacial score (nSPS) is 11.7. The zero-order valence-corrected chi connectivity index (χ0v) is 16.1. The molecule has 1 atom stereocenters. The number of benzene rings is 1. The lowest BCUT2D eigenvalue weighted by molar-refractivity contribution is -0.117. The standard InChI is InChI=1S/C17H26N4O.2ClH/c1-4-5-6-16-20-14-8-7-12(10-15(14)21-16)19-17(22)13(18)9-11(2)3;;/h7-8,10-11,13H,4-6,9,18H2,1-3H3,(H,19,22)(H,20,21);2*1H/t13-;;/m0../s1. The van der Waals surface area contributed by atoms with Crippen molar-refractivity contribution in [2.45, 2.75) is 52.5 Å². The van der Waals surface area contributed by atoms with E-state index in [0.29, 0.717) is 12.3 Å². The van der Waals surface area contributed by atoms with E-state index in [2.05, 4.69) is 36.1 Å². The fraction of sp³-hybridized carbons (Fsp3) is 0.529. The van der Waals surface area contributed by atoms with Crippen LogP contribution in [0.4, 0.5) is 5.69 Å². The summed E-state index contributed by atoms with van der Waals surface area (Å²) >= 11 is 0. The van der Waals surface area contributed by atoms with Gasteiger partial charge in [0.2, 0.25) is 5.91 Å². The average molecular weight is 375 g/mol. The number of fused-ring (bicyclic) bond motifs is 1. The Balaban J connectivity index is 0.00000264. The fourth-order valence-corrected chi connectivity index (χ4v) is 2.45. The van der Waals surface area contributed by atoms with E-state index in [-0.39, 0.29) is 30.7 Å². The van der Waals surface area contributed by atoms with Crippen LogP contribution in [0, 0.1) is 5.92 Å². The second-order valence-corrected chi connectivity index (χ2v) is 6.24. The number of nitrogens with zero attached hydrogens (tertiary/aromatic N) is 1. The Morgan fingerprint density at radius 1 is 1.33 bits per heavy atom. The number of halogens is 2. The highest BCUT2D eigenvalue weighted by atomic mass is 35.5. The number of nitrogens with two attached hydrogens (primary N) is 1. The predicted molar refractivity (Wildman–Crippen MR) is 105 cm³/mol. The summed E-state index contributed by atoms with van der Waals surface area (Å²) in [6.45, 7) is 6.28. The first kappa shape index (κ1) is 22.7. The Morgan fingerprint density at radius 3 is 2.67 bits per heavy atom. The number of anilines is 1. The lowest BCUT2D eigenvalue weighted by atomic mass is 10.0. The van der Waals surface area contributed by atoms with E-state index in [9.17, 15) is 4.79 Å². The molecule has 0 unspecified atom stereocenters. The lowest BCUT2D eigenvalue weighted by Crippen LogP contribution is -2.36. The molecule has 0 saturated heterocycles. The van der Waals surface area contributed by atoms with E-state index < -0.39 is 6.04 Å². The Bertz CT molecular complexity index is 643. The first-order valence-electron chi connectivity index (χ1n) is 8.04. The number of rotatable bonds is 7. The van der Waals surface area contributed by atoms with Crippen molar-refractivity contribution in [1.29, 1.82) is 0 Å². The molecule has 4 N–H and O–H groups in total. The number of imidazole rings is 1. The maximum absolute atomic E-state index is 12.1. The highest BCUT2D eigenvalue weighted by Gasteiger charge is 2.15. The second kappa shape index (κ2) is 10.5. The molecule has 5 nitrogen and oxygen atoms in total. The number of nitrogens with one attached hydrogen (secondary N) is 2. The van der Waals surface area contributed by atoms with Crippen LogP contribution in [0.3, 0.4) is 0 Å². The molecule has 2 aromatic rings. The van der Waals surface area contributed by atoms with Crippen molar-refractivity contribution < 1.29 is 4.79 Å². The largest absolute Gasteiger partial charge is 0.342 e. The summed E-state index contributed by atoms with van der Waals surface area (Å²) in [5.41, 5.74) is 8.53. The quantitative estimate of drug-likeness (QED) is 0.682. The van der Waals surface area contributed by atoms with Crippen LogP contribution in [0.25, 0.3) is 11.0 Å². The Kier molecular flexibility index (Phi) is 9.97. The number of carbonyl (C=O) groups is 1. The highest BCUT2D eigenvalue weighted by molar-refractivity contribution is 5.96. The summed E-state index contributed by atoms with van der Waals surface area (Å²) in [6, 6.07) is 5.23. The molecule has 136 valence electrons. The van der Waals surface area contributed by atoms with Crippen LogP contribution >= 0.6 is 24.8 Å². The van der Waals surface area contributed by atoms with Crippen LogP contribution in [0.5, 0.6) is 0 Å². The molecule has 2 rings (SSSR count). The lowest BCUT2D eigenvalue weighted by Gasteiger charge is -2.14. The number of aromatic nitrogens is 2. The van der Waals surface area contributed by atoms with Gasteiger partial charge < -0.3 is 16.0 Å². The van der Waals surface area contributed by atoms with Crippen molar-refractivity contribution in [2.24, 2.45) is 11.7 Å². The number of unbranched alkanes of at least 4 members (excludes halogenated alkanes) is 1. The molecule has 0 aliphatic carbocycles. The van der Waals surface area contributed by atoms with Crippen molar-refractivity contribution in [2.75, 3.05) is 5.32 Å². The second-order valence-electron chi connectivity index (χ2n) is 6.24. The Morgan fingerprint density at radius 2 is 2.04 bits per heavy atom. The first-order chi connectivity index (χ1) is 10.5. The molecular weight excluding hydrogens is 347 g/mol. The van der Waals surface area contributed by atoms with E-state index in [4.69, 9.17) is 5.73 Å². The van der Waals surface area contributed by atoms with Gasteiger partial charge in [-0.05, 0) is 37.0 Å². The highest BCUT2D eigenvalue weighted by Crippen LogP contribution is 2.18. The molecular formula is C17H28Cl2N4O. The molecule has 0 aliphatic heterocycles. The molecule has 0 bridgehead atoms. The van der Waals surface area contributed by atoms with Crippen LogP contribution in [0.15, 0.2) is 18.2 Å². The molecule has 0 radical (unpaired) electrons. The smallest absolute Gasteiger partial charge is 0.241 e. The number of hydrogen-bond donors (Lipinski definition) is 3. The number of aryl methyl sites for hydroxylation is 1. The van der Waals surface area contributed by atoms with Crippen LogP contribution in [0.1, 0.15) is 45.9 Å². The third-order valence-corrected chi connectivity index (χ3v) is 3.63. The first-order valence-corrected chi connectivity index (χ1v) is 8.04. The van der Waals surface area contributed by atoms with E-state index >= 15 is 0 Å².